The van der Waals surface area contributed by atoms with Crippen molar-refractivity contribution in [3.05, 3.63) is 29.8 Å². The Morgan fingerprint density at radius 1 is 0.938 bits per heavy atom. The van der Waals surface area contributed by atoms with Crippen molar-refractivity contribution in [2.45, 2.75) is 12.0 Å². The molecule has 0 aromatic heterocycles. The van der Waals surface area contributed by atoms with Crippen LogP contribution in [0.1, 0.15) is 5.56 Å². The summed E-state index contributed by atoms with van der Waals surface area (Å²) in [6.45, 7) is 0. The molecule has 0 fully saturated rings. The minimum atomic E-state index is -4.54. The van der Waals surface area contributed by atoms with E-state index in [2.05, 4.69) is 4.74 Å². The molecule has 0 heterocycles. The zero-order valence-corrected chi connectivity index (χ0v) is 8.64. The maximum Gasteiger partial charge on any atom is 0.423 e. The Morgan fingerprint density at radius 2 is 1.44 bits per heavy atom. The Kier molecular flexibility index (Phi) is 3.42. The molecule has 0 bridgehead atoms. The fraction of sp³-hybridized carbons (Fsp3) is 0.400. The SMILES string of the molecule is COc1ccc(C(F)(F)C(F)(F)OC)cc1. The smallest absolute Gasteiger partial charge is 0.423 e. The van der Waals surface area contributed by atoms with E-state index in [-0.39, 0.29) is 0 Å². The van der Waals surface area contributed by atoms with Gasteiger partial charge in [0.2, 0.25) is 0 Å². The maximum absolute atomic E-state index is 13.3. The predicted molar refractivity (Wildman–Crippen MR) is 48.8 cm³/mol. The molecule has 0 amide bonds. The predicted octanol–water partition coefficient (Wildman–Crippen LogP) is 3.03. The van der Waals surface area contributed by atoms with Crippen LogP contribution in [-0.4, -0.2) is 20.3 Å². The van der Waals surface area contributed by atoms with Crippen LogP contribution in [0.25, 0.3) is 0 Å². The van der Waals surface area contributed by atoms with Gasteiger partial charge < -0.3 is 9.47 Å². The number of halogens is 4. The van der Waals surface area contributed by atoms with Crippen LogP contribution in [0.4, 0.5) is 17.6 Å². The van der Waals surface area contributed by atoms with Crippen molar-refractivity contribution in [1.82, 2.24) is 0 Å². The highest BCUT2D eigenvalue weighted by molar-refractivity contribution is 5.30. The first-order valence-electron chi connectivity index (χ1n) is 4.30. The molecule has 0 atom stereocenters. The Bertz CT molecular complexity index is 348. The van der Waals surface area contributed by atoms with Gasteiger partial charge in [-0.05, 0) is 24.3 Å². The molecule has 90 valence electrons. The molecule has 0 saturated carbocycles. The number of methoxy groups -OCH3 is 2. The molecular formula is C10H10F4O2. The van der Waals surface area contributed by atoms with Crippen molar-refractivity contribution < 1.29 is 27.0 Å². The standard InChI is InChI=1S/C10H10F4O2/c1-15-8-5-3-7(4-6-8)9(11,12)10(13,14)16-2/h3-6H,1-2H3. The molecule has 0 aliphatic rings. The summed E-state index contributed by atoms with van der Waals surface area (Å²) in [5, 5.41) is 0. The lowest BCUT2D eigenvalue weighted by atomic mass is 10.1. The average molecular weight is 238 g/mol. The van der Waals surface area contributed by atoms with Crippen LogP contribution in [0, 0.1) is 0 Å². The van der Waals surface area contributed by atoms with Crippen LogP contribution < -0.4 is 4.74 Å². The van der Waals surface area contributed by atoms with E-state index in [9.17, 15) is 17.6 Å². The summed E-state index contributed by atoms with van der Waals surface area (Å²) >= 11 is 0. The quantitative estimate of drug-likeness (QED) is 0.750. The first kappa shape index (κ1) is 12.8. The van der Waals surface area contributed by atoms with Gasteiger partial charge in [-0.25, -0.2) is 0 Å². The number of ether oxygens (including phenoxy) is 2. The van der Waals surface area contributed by atoms with Gasteiger partial charge in [-0.1, -0.05) is 0 Å². The van der Waals surface area contributed by atoms with Gasteiger partial charge in [0.15, 0.2) is 0 Å². The fourth-order valence-corrected chi connectivity index (χ4v) is 1.10. The molecule has 1 aromatic carbocycles. The molecule has 0 unspecified atom stereocenters. The maximum atomic E-state index is 13.3. The van der Waals surface area contributed by atoms with Crippen LogP contribution in [0.2, 0.25) is 0 Å². The van der Waals surface area contributed by atoms with E-state index in [0.29, 0.717) is 12.9 Å². The summed E-state index contributed by atoms with van der Waals surface area (Å²) in [4.78, 5) is 0. The van der Waals surface area contributed by atoms with E-state index in [4.69, 9.17) is 4.74 Å². The highest BCUT2D eigenvalue weighted by atomic mass is 19.3. The zero-order chi connectivity index (χ0) is 12.4. The molecule has 0 radical (unpaired) electrons. The molecule has 0 aliphatic carbocycles. The Hall–Kier alpha value is -1.30. The van der Waals surface area contributed by atoms with Gasteiger partial charge in [0.25, 0.3) is 0 Å². The number of rotatable bonds is 4. The number of alkyl halides is 4. The van der Waals surface area contributed by atoms with E-state index >= 15 is 0 Å². The first-order valence-corrected chi connectivity index (χ1v) is 4.30. The second-order valence-corrected chi connectivity index (χ2v) is 3.02. The molecule has 6 heteroatoms. The van der Waals surface area contributed by atoms with Gasteiger partial charge in [-0.2, -0.15) is 17.6 Å². The summed E-state index contributed by atoms with van der Waals surface area (Å²) in [5.74, 6) is -4.08. The van der Waals surface area contributed by atoms with Gasteiger partial charge in [-0.3, -0.25) is 0 Å². The van der Waals surface area contributed by atoms with Crippen molar-refractivity contribution in [3.8, 4) is 5.75 Å². The number of hydrogen-bond donors (Lipinski definition) is 0. The Balaban J connectivity index is 3.07. The third kappa shape index (κ3) is 2.11. The van der Waals surface area contributed by atoms with Crippen molar-refractivity contribution >= 4 is 0 Å². The summed E-state index contributed by atoms with van der Waals surface area (Å²) in [6, 6.07) is 4.08. The number of hydrogen-bond acceptors (Lipinski definition) is 2. The lowest BCUT2D eigenvalue weighted by Gasteiger charge is -2.24. The van der Waals surface area contributed by atoms with Crippen molar-refractivity contribution in [1.29, 1.82) is 0 Å². The third-order valence-corrected chi connectivity index (χ3v) is 2.07. The summed E-state index contributed by atoms with van der Waals surface area (Å²) in [5.41, 5.74) is -0.833. The van der Waals surface area contributed by atoms with Crippen molar-refractivity contribution in [2.24, 2.45) is 0 Å². The van der Waals surface area contributed by atoms with Gasteiger partial charge in [0, 0.05) is 12.7 Å². The molecule has 16 heavy (non-hydrogen) atoms. The topological polar surface area (TPSA) is 18.5 Å². The summed E-state index contributed by atoms with van der Waals surface area (Å²) in [7, 11) is 1.87. The van der Waals surface area contributed by atoms with E-state index < -0.39 is 17.6 Å². The Labute approximate surface area is 89.8 Å². The van der Waals surface area contributed by atoms with Gasteiger partial charge in [-0.15, -0.1) is 0 Å². The van der Waals surface area contributed by atoms with E-state index in [1.54, 1.807) is 0 Å². The Morgan fingerprint density at radius 3 is 1.81 bits per heavy atom. The molecular weight excluding hydrogens is 228 g/mol. The van der Waals surface area contributed by atoms with Gasteiger partial charge in [0.1, 0.15) is 5.75 Å². The lowest BCUT2D eigenvalue weighted by molar-refractivity contribution is -0.344. The molecule has 0 aliphatic heterocycles. The normalized spacial score (nSPS) is 12.6. The molecule has 1 aromatic rings. The van der Waals surface area contributed by atoms with Crippen LogP contribution >= 0.6 is 0 Å². The summed E-state index contributed by atoms with van der Waals surface area (Å²) in [6.07, 6.45) is -4.54. The molecule has 0 saturated heterocycles. The number of benzene rings is 1. The minimum Gasteiger partial charge on any atom is -0.497 e. The lowest BCUT2D eigenvalue weighted by Crippen LogP contribution is -2.39. The van der Waals surface area contributed by atoms with E-state index in [1.165, 1.54) is 19.2 Å². The van der Waals surface area contributed by atoms with E-state index in [1.807, 2.05) is 0 Å². The minimum absolute atomic E-state index is 0.306. The van der Waals surface area contributed by atoms with Crippen LogP contribution in [0.5, 0.6) is 5.75 Å². The second-order valence-electron chi connectivity index (χ2n) is 3.02. The van der Waals surface area contributed by atoms with Crippen molar-refractivity contribution in [2.75, 3.05) is 14.2 Å². The second kappa shape index (κ2) is 4.29. The van der Waals surface area contributed by atoms with Crippen LogP contribution in [0.15, 0.2) is 24.3 Å². The van der Waals surface area contributed by atoms with Crippen molar-refractivity contribution in [3.63, 3.8) is 0 Å². The zero-order valence-electron chi connectivity index (χ0n) is 8.64. The molecule has 1 rings (SSSR count). The van der Waals surface area contributed by atoms with Gasteiger partial charge >= 0.3 is 12.0 Å². The van der Waals surface area contributed by atoms with Crippen LogP contribution in [0.3, 0.4) is 0 Å². The third-order valence-electron chi connectivity index (χ3n) is 2.07. The van der Waals surface area contributed by atoms with Gasteiger partial charge in [0.05, 0.1) is 7.11 Å². The van der Waals surface area contributed by atoms with E-state index in [0.717, 1.165) is 12.1 Å². The largest absolute Gasteiger partial charge is 0.497 e. The monoisotopic (exact) mass is 238 g/mol. The fourth-order valence-electron chi connectivity index (χ4n) is 1.10. The molecule has 2 nitrogen and oxygen atoms in total. The highest BCUT2D eigenvalue weighted by Crippen LogP contribution is 2.43. The summed E-state index contributed by atoms with van der Waals surface area (Å²) < 4.78 is 60.3. The highest BCUT2D eigenvalue weighted by Gasteiger charge is 2.58. The molecule has 0 spiro atoms. The average Bonchev–Trinajstić information content (AvgIpc) is 2.29. The van der Waals surface area contributed by atoms with Crippen LogP contribution in [-0.2, 0) is 10.7 Å². The first-order chi connectivity index (χ1) is 7.35. The molecule has 0 N–H and O–H groups in total.